The Labute approximate surface area is 112 Å². The Morgan fingerprint density at radius 1 is 1.42 bits per heavy atom. The topological polar surface area (TPSA) is 51.0 Å². The molecule has 0 aliphatic carbocycles. The Balaban J connectivity index is 1.97. The fourth-order valence-corrected chi connectivity index (χ4v) is 1.96. The fraction of sp³-hybridized carbons (Fsp3) is 0.429. The molecule has 1 heterocycles. The summed E-state index contributed by atoms with van der Waals surface area (Å²) in [6.45, 7) is 5.03. The molecule has 0 bridgehead atoms. The SMILES string of the molecule is CCNC(C)Cc1nc(Cc2cccc(F)c2)no1. The van der Waals surface area contributed by atoms with Gasteiger partial charge in [0.2, 0.25) is 5.89 Å². The van der Waals surface area contributed by atoms with Gasteiger partial charge in [-0.15, -0.1) is 0 Å². The van der Waals surface area contributed by atoms with Crippen LogP contribution in [0.4, 0.5) is 4.39 Å². The first kappa shape index (κ1) is 13.7. The van der Waals surface area contributed by atoms with Crippen LogP contribution in [0.2, 0.25) is 0 Å². The van der Waals surface area contributed by atoms with Crippen molar-refractivity contribution in [3.05, 3.63) is 47.4 Å². The molecule has 0 saturated carbocycles. The molecule has 0 spiro atoms. The zero-order valence-corrected chi connectivity index (χ0v) is 11.2. The van der Waals surface area contributed by atoms with Gasteiger partial charge in [-0.1, -0.05) is 24.2 Å². The van der Waals surface area contributed by atoms with E-state index in [1.807, 2.05) is 6.07 Å². The molecule has 5 heteroatoms. The van der Waals surface area contributed by atoms with Crippen LogP contribution in [-0.4, -0.2) is 22.7 Å². The van der Waals surface area contributed by atoms with Crippen molar-refractivity contribution < 1.29 is 8.91 Å². The van der Waals surface area contributed by atoms with Crippen LogP contribution in [0, 0.1) is 5.82 Å². The van der Waals surface area contributed by atoms with Crippen molar-refractivity contribution in [3.8, 4) is 0 Å². The monoisotopic (exact) mass is 263 g/mol. The second-order valence-corrected chi connectivity index (χ2v) is 4.57. The van der Waals surface area contributed by atoms with E-state index in [2.05, 4.69) is 29.3 Å². The van der Waals surface area contributed by atoms with Crippen molar-refractivity contribution >= 4 is 0 Å². The molecule has 0 radical (unpaired) electrons. The Hall–Kier alpha value is -1.75. The van der Waals surface area contributed by atoms with Crippen LogP contribution in [0.25, 0.3) is 0 Å². The largest absolute Gasteiger partial charge is 0.339 e. The second kappa shape index (κ2) is 6.43. The molecule has 1 aromatic carbocycles. The first-order valence-corrected chi connectivity index (χ1v) is 6.46. The van der Waals surface area contributed by atoms with Gasteiger partial charge >= 0.3 is 0 Å². The van der Waals surface area contributed by atoms with Crippen LogP contribution in [0.3, 0.4) is 0 Å². The molecule has 2 aromatic rings. The van der Waals surface area contributed by atoms with Crippen LogP contribution in [0.5, 0.6) is 0 Å². The minimum atomic E-state index is -0.248. The first-order valence-electron chi connectivity index (χ1n) is 6.46. The Morgan fingerprint density at radius 2 is 2.26 bits per heavy atom. The van der Waals surface area contributed by atoms with E-state index in [9.17, 15) is 4.39 Å². The molecule has 19 heavy (non-hydrogen) atoms. The van der Waals surface area contributed by atoms with E-state index in [0.29, 0.717) is 30.6 Å². The molecule has 0 amide bonds. The first-order chi connectivity index (χ1) is 9.17. The van der Waals surface area contributed by atoms with E-state index in [-0.39, 0.29) is 5.82 Å². The summed E-state index contributed by atoms with van der Waals surface area (Å²) in [6.07, 6.45) is 1.18. The number of nitrogens with one attached hydrogen (secondary N) is 1. The average molecular weight is 263 g/mol. The average Bonchev–Trinajstić information content (AvgIpc) is 2.76. The van der Waals surface area contributed by atoms with Crippen molar-refractivity contribution in [3.63, 3.8) is 0 Å². The van der Waals surface area contributed by atoms with Gasteiger partial charge in [0, 0.05) is 18.9 Å². The standard InChI is InChI=1S/C14H18FN3O/c1-3-16-10(2)7-14-17-13(18-19-14)9-11-5-4-6-12(15)8-11/h4-6,8,10,16H,3,7,9H2,1-2H3. The molecule has 1 atom stereocenters. The lowest BCUT2D eigenvalue weighted by atomic mass is 10.1. The number of nitrogens with zero attached hydrogens (tertiary/aromatic N) is 2. The number of likely N-dealkylation sites (N-methyl/N-ethyl adjacent to an activating group) is 1. The van der Waals surface area contributed by atoms with E-state index in [0.717, 1.165) is 12.1 Å². The lowest BCUT2D eigenvalue weighted by Gasteiger charge is -2.07. The van der Waals surface area contributed by atoms with Crippen LogP contribution >= 0.6 is 0 Å². The summed E-state index contributed by atoms with van der Waals surface area (Å²) in [7, 11) is 0. The predicted molar refractivity (Wildman–Crippen MR) is 70.3 cm³/mol. The quantitative estimate of drug-likeness (QED) is 0.869. The van der Waals surface area contributed by atoms with Crippen LogP contribution in [-0.2, 0) is 12.8 Å². The van der Waals surface area contributed by atoms with Gasteiger partial charge in [-0.25, -0.2) is 4.39 Å². The van der Waals surface area contributed by atoms with Crippen LogP contribution in [0.15, 0.2) is 28.8 Å². The number of hydrogen-bond acceptors (Lipinski definition) is 4. The molecular weight excluding hydrogens is 245 g/mol. The van der Waals surface area contributed by atoms with Gasteiger partial charge in [-0.05, 0) is 31.2 Å². The summed E-state index contributed by atoms with van der Waals surface area (Å²) in [5, 5.41) is 7.20. The summed E-state index contributed by atoms with van der Waals surface area (Å²) in [5.41, 5.74) is 0.840. The molecule has 0 fully saturated rings. The molecule has 102 valence electrons. The summed E-state index contributed by atoms with van der Waals surface area (Å²) < 4.78 is 18.2. The lowest BCUT2D eigenvalue weighted by molar-refractivity contribution is 0.359. The Kier molecular flexibility index (Phi) is 4.63. The van der Waals surface area contributed by atoms with Crippen molar-refractivity contribution in [2.75, 3.05) is 6.54 Å². The fourth-order valence-electron chi connectivity index (χ4n) is 1.96. The van der Waals surface area contributed by atoms with Gasteiger partial charge in [0.25, 0.3) is 0 Å². The van der Waals surface area contributed by atoms with Crippen molar-refractivity contribution in [2.24, 2.45) is 0 Å². The minimum Gasteiger partial charge on any atom is -0.339 e. The number of halogens is 1. The lowest BCUT2D eigenvalue weighted by Crippen LogP contribution is -2.27. The molecule has 0 saturated heterocycles. The number of benzene rings is 1. The third-order valence-electron chi connectivity index (χ3n) is 2.79. The minimum absolute atomic E-state index is 0.248. The second-order valence-electron chi connectivity index (χ2n) is 4.57. The highest BCUT2D eigenvalue weighted by atomic mass is 19.1. The Morgan fingerprint density at radius 3 is 3.00 bits per heavy atom. The maximum absolute atomic E-state index is 13.1. The summed E-state index contributed by atoms with van der Waals surface area (Å²) in [6, 6.07) is 6.73. The third kappa shape index (κ3) is 4.13. The molecule has 1 N–H and O–H groups in total. The van der Waals surface area contributed by atoms with Crippen molar-refractivity contribution in [1.29, 1.82) is 0 Å². The van der Waals surface area contributed by atoms with E-state index in [1.165, 1.54) is 12.1 Å². The van der Waals surface area contributed by atoms with E-state index in [4.69, 9.17) is 4.52 Å². The van der Waals surface area contributed by atoms with Gasteiger partial charge in [0.05, 0.1) is 0 Å². The molecule has 1 unspecified atom stereocenters. The Bertz CT molecular complexity index is 527. The predicted octanol–water partition coefficient (Wildman–Crippen LogP) is 2.34. The molecular formula is C14H18FN3O. The zero-order valence-electron chi connectivity index (χ0n) is 11.2. The third-order valence-corrected chi connectivity index (χ3v) is 2.79. The number of hydrogen-bond donors (Lipinski definition) is 1. The maximum Gasteiger partial charge on any atom is 0.228 e. The van der Waals surface area contributed by atoms with Gasteiger partial charge in [0.15, 0.2) is 5.82 Å². The summed E-state index contributed by atoms with van der Waals surface area (Å²) >= 11 is 0. The van der Waals surface area contributed by atoms with Gasteiger partial charge < -0.3 is 9.84 Å². The van der Waals surface area contributed by atoms with E-state index < -0.39 is 0 Å². The van der Waals surface area contributed by atoms with Crippen LogP contribution in [0.1, 0.15) is 31.1 Å². The van der Waals surface area contributed by atoms with Gasteiger partial charge in [0.1, 0.15) is 5.82 Å². The normalized spacial score (nSPS) is 12.6. The zero-order chi connectivity index (χ0) is 13.7. The molecule has 4 nitrogen and oxygen atoms in total. The van der Waals surface area contributed by atoms with Gasteiger partial charge in [-0.2, -0.15) is 4.98 Å². The molecule has 2 rings (SSSR count). The highest BCUT2D eigenvalue weighted by molar-refractivity contribution is 5.19. The molecule has 0 aliphatic rings. The maximum atomic E-state index is 13.1. The van der Waals surface area contributed by atoms with Crippen LogP contribution < -0.4 is 5.32 Å². The van der Waals surface area contributed by atoms with Crippen molar-refractivity contribution in [1.82, 2.24) is 15.5 Å². The molecule has 1 aromatic heterocycles. The van der Waals surface area contributed by atoms with Gasteiger partial charge in [-0.3, -0.25) is 0 Å². The summed E-state index contributed by atoms with van der Waals surface area (Å²) in [5.74, 6) is 0.950. The highest BCUT2D eigenvalue weighted by Crippen LogP contribution is 2.09. The molecule has 0 aliphatic heterocycles. The number of rotatable bonds is 6. The highest BCUT2D eigenvalue weighted by Gasteiger charge is 2.10. The smallest absolute Gasteiger partial charge is 0.228 e. The van der Waals surface area contributed by atoms with Crippen molar-refractivity contribution in [2.45, 2.75) is 32.7 Å². The number of aromatic nitrogens is 2. The van der Waals surface area contributed by atoms with E-state index >= 15 is 0 Å². The van der Waals surface area contributed by atoms with E-state index in [1.54, 1.807) is 6.07 Å². The summed E-state index contributed by atoms with van der Waals surface area (Å²) in [4.78, 5) is 4.32.